The van der Waals surface area contributed by atoms with E-state index in [1.54, 1.807) is 12.1 Å². The monoisotopic (exact) mass is 268 g/mol. The van der Waals surface area contributed by atoms with Crippen LogP contribution >= 0.6 is 0 Å². The van der Waals surface area contributed by atoms with Crippen LogP contribution in [0.5, 0.6) is 5.75 Å². The van der Waals surface area contributed by atoms with Gasteiger partial charge in [-0.05, 0) is 48.2 Å². The van der Waals surface area contributed by atoms with Gasteiger partial charge in [-0.1, -0.05) is 24.3 Å². The molecule has 0 spiro atoms. The molecule has 1 aliphatic rings. The quantitative estimate of drug-likeness (QED) is 0.799. The Bertz CT molecular complexity index is 616. The zero-order valence-electron chi connectivity index (χ0n) is 11.3. The highest BCUT2D eigenvalue weighted by molar-refractivity contribution is 5.89. The van der Waals surface area contributed by atoms with E-state index in [-0.39, 0.29) is 12.1 Å². The van der Waals surface area contributed by atoms with E-state index in [4.69, 9.17) is 4.74 Å². The molecule has 0 fully saturated rings. The number of rotatable bonds is 3. The van der Waals surface area contributed by atoms with Crippen molar-refractivity contribution in [3.05, 3.63) is 65.2 Å². The molecule has 0 saturated carbocycles. The van der Waals surface area contributed by atoms with Gasteiger partial charge in [0, 0.05) is 0 Å². The molecule has 102 valence electrons. The van der Waals surface area contributed by atoms with Gasteiger partial charge < -0.3 is 9.47 Å². The van der Waals surface area contributed by atoms with Crippen molar-refractivity contribution in [3.63, 3.8) is 0 Å². The predicted molar refractivity (Wildman–Crippen MR) is 75.9 cm³/mol. The molecular formula is C17H16O3. The Morgan fingerprint density at radius 3 is 2.60 bits per heavy atom. The van der Waals surface area contributed by atoms with Crippen molar-refractivity contribution in [1.82, 2.24) is 0 Å². The summed E-state index contributed by atoms with van der Waals surface area (Å²) < 4.78 is 10.7. The van der Waals surface area contributed by atoms with E-state index < -0.39 is 0 Å². The van der Waals surface area contributed by atoms with E-state index in [1.165, 1.54) is 18.2 Å². The standard InChI is InChI=1S/C17H16O3/c1-19-17(18)13-6-9-14(10-7-13)20-16-11-8-12-4-2-3-5-15(12)16/h2-7,9-10,16H,8,11H2,1H3. The van der Waals surface area contributed by atoms with Crippen molar-refractivity contribution in [2.75, 3.05) is 7.11 Å². The number of hydrogen-bond acceptors (Lipinski definition) is 3. The lowest BCUT2D eigenvalue weighted by Crippen LogP contribution is -2.04. The van der Waals surface area contributed by atoms with Crippen molar-refractivity contribution in [2.24, 2.45) is 0 Å². The number of benzene rings is 2. The van der Waals surface area contributed by atoms with Crippen molar-refractivity contribution in [3.8, 4) is 5.75 Å². The van der Waals surface area contributed by atoms with Crippen LogP contribution in [0.15, 0.2) is 48.5 Å². The third-order valence-electron chi connectivity index (χ3n) is 3.63. The van der Waals surface area contributed by atoms with Gasteiger partial charge in [0.2, 0.25) is 0 Å². The van der Waals surface area contributed by atoms with Crippen molar-refractivity contribution in [2.45, 2.75) is 18.9 Å². The maximum Gasteiger partial charge on any atom is 0.337 e. The van der Waals surface area contributed by atoms with Crippen LogP contribution in [0.25, 0.3) is 0 Å². The van der Waals surface area contributed by atoms with Crippen molar-refractivity contribution < 1.29 is 14.3 Å². The van der Waals surface area contributed by atoms with Gasteiger partial charge in [0.1, 0.15) is 11.9 Å². The first-order valence-corrected chi connectivity index (χ1v) is 6.71. The maximum atomic E-state index is 11.4. The van der Waals surface area contributed by atoms with Crippen LogP contribution in [-0.4, -0.2) is 13.1 Å². The van der Waals surface area contributed by atoms with Crippen LogP contribution in [0.3, 0.4) is 0 Å². The van der Waals surface area contributed by atoms with Crippen molar-refractivity contribution in [1.29, 1.82) is 0 Å². The van der Waals surface area contributed by atoms with Crippen LogP contribution in [0, 0.1) is 0 Å². The SMILES string of the molecule is COC(=O)c1ccc(OC2CCc3ccccc32)cc1. The molecule has 0 N–H and O–H groups in total. The molecule has 2 aromatic carbocycles. The number of carbonyl (C=O) groups excluding carboxylic acids is 1. The molecule has 1 aliphatic carbocycles. The molecule has 0 amide bonds. The van der Waals surface area contributed by atoms with Gasteiger partial charge in [-0.25, -0.2) is 4.79 Å². The first kappa shape index (κ1) is 12.7. The number of aryl methyl sites for hydroxylation is 1. The highest BCUT2D eigenvalue weighted by atomic mass is 16.5. The molecule has 3 nitrogen and oxygen atoms in total. The molecule has 3 rings (SSSR count). The van der Waals surface area contributed by atoms with E-state index in [2.05, 4.69) is 22.9 Å². The lowest BCUT2D eigenvalue weighted by molar-refractivity contribution is 0.0600. The lowest BCUT2D eigenvalue weighted by Gasteiger charge is -2.15. The Labute approximate surface area is 118 Å². The van der Waals surface area contributed by atoms with Crippen LogP contribution in [-0.2, 0) is 11.2 Å². The normalized spacial score (nSPS) is 16.6. The number of methoxy groups -OCH3 is 1. The highest BCUT2D eigenvalue weighted by Gasteiger charge is 2.23. The Kier molecular flexibility index (Phi) is 3.42. The summed E-state index contributed by atoms with van der Waals surface area (Å²) in [6.07, 6.45) is 2.16. The summed E-state index contributed by atoms with van der Waals surface area (Å²) in [6.45, 7) is 0. The average molecular weight is 268 g/mol. The second kappa shape index (κ2) is 5.37. The number of hydrogen-bond donors (Lipinski definition) is 0. The second-order valence-corrected chi connectivity index (χ2v) is 4.86. The van der Waals surface area contributed by atoms with Gasteiger partial charge in [0.15, 0.2) is 0 Å². The fourth-order valence-electron chi connectivity index (χ4n) is 2.59. The summed E-state index contributed by atoms with van der Waals surface area (Å²) >= 11 is 0. The Hall–Kier alpha value is -2.29. The molecule has 1 unspecified atom stereocenters. The van der Waals surface area contributed by atoms with E-state index in [1.807, 2.05) is 18.2 Å². The van der Waals surface area contributed by atoms with Gasteiger partial charge in [-0.3, -0.25) is 0 Å². The number of esters is 1. The first-order valence-electron chi connectivity index (χ1n) is 6.71. The fourth-order valence-corrected chi connectivity index (χ4v) is 2.59. The largest absolute Gasteiger partial charge is 0.486 e. The van der Waals surface area contributed by atoms with Gasteiger partial charge in [-0.15, -0.1) is 0 Å². The zero-order chi connectivity index (χ0) is 13.9. The zero-order valence-corrected chi connectivity index (χ0v) is 11.3. The van der Waals surface area contributed by atoms with Crippen LogP contribution in [0.4, 0.5) is 0 Å². The van der Waals surface area contributed by atoms with Crippen molar-refractivity contribution >= 4 is 5.97 Å². The summed E-state index contributed by atoms with van der Waals surface area (Å²) in [5, 5.41) is 0. The molecule has 0 aliphatic heterocycles. The Morgan fingerprint density at radius 2 is 1.85 bits per heavy atom. The van der Waals surface area contributed by atoms with Crippen LogP contribution in [0.2, 0.25) is 0 Å². The molecule has 0 radical (unpaired) electrons. The minimum atomic E-state index is -0.331. The van der Waals surface area contributed by atoms with E-state index in [9.17, 15) is 4.79 Å². The minimum absolute atomic E-state index is 0.107. The van der Waals surface area contributed by atoms with E-state index >= 15 is 0 Å². The molecule has 20 heavy (non-hydrogen) atoms. The van der Waals surface area contributed by atoms with Crippen LogP contribution in [0.1, 0.15) is 34.0 Å². The van der Waals surface area contributed by atoms with Gasteiger partial charge >= 0.3 is 5.97 Å². The maximum absolute atomic E-state index is 11.4. The molecule has 0 saturated heterocycles. The second-order valence-electron chi connectivity index (χ2n) is 4.86. The molecule has 2 aromatic rings. The Balaban J connectivity index is 1.75. The van der Waals surface area contributed by atoms with Gasteiger partial charge in [-0.2, -0.15) is 0 Å². The molecule has 3 heteroatoms. The number of fused-ring (bicyclic) bond motifs is 1. The Morgan fingerprint density at radius 1 is 1.10 bits per heavy atom. The molecule has 0 bridgehead atoms. The molecule has 0 heterocycles. The van der Waals surface area contributed by atoms with Gasteiger partial charge in [0.05, 0.1) is 12.7 Å². The smallest absolute Gasteiger partial charge is 0.337 e. The fraction of sp³-hybridized carbons (Fsp3) is 0.235. The average Bonchev–Trinajstić information content (AvgIpc) is 2.91. The minimum Gasteiger partial charge on any atom is -0.486 e. The summed E-state index contributed by atoms with van der Waals surface area (Å²) in [5.41, 5.74) is 3.17. The molecular weight excluding hydrogens is 252 g/mol. The molecule has 0 aromatic heterocycles. The topological polar surface area (TPSA) is 35.5 Å². The van der Waals surface area contributed by atoms with E-state index in [0.717, 1.165) is 18.6 Å². The molecule has 1 atom stereocenters. The lowest BCUT2D eigenvalue weighted by atomic mass is 10.1. The number of ether oxygens (including phenoxy) is 2. The summed E-state index contributed by atoms with van der Waals surface area (Å²) in [7, 11) is 1.38. The van der Waals surface area contributed by atoms with Crippen LogP contribution < -0.4 is 4.74 Å². The summed E-state index contributed by atoms with van der Waals surface area (Å²) in [4.78, 5) is 11.4. The third kappa shape index (κ3) is 2.39. The van der Waals surface area contributed by atoms with E-state index in [0.29, 0.717) is 5.56 Å². The number of carbonyl (C=O) groups is 1. The first-order chi connectivity index (χ1) is 9.78. The third-order valence-corrected chi connectivity index (χ3v) is 3.63. The summed E-state index contributed by atoms with van der Waals surface area (Å²) in [6, 6.07) is 15.5. The van der Waals surface area contributed by atoms with Gasteiger partial charge in [0.25, 0.3) is 0 Å². The summed E-state index contributed by atoms with van der Waals surface area (Å²) in [5.74, 6) is 0.446. The highest BCUT2D eigenvalue weighted by Crippen LogP contribution is 2.34. The predicted octanol–water partition coefficient (Wildman–Crippen LogP) is 3.54.